The van der Waals surface area contributed by atoms with Gasteiger partial charge in [-0.25, -0.2) is 0 Å². The van der Waals surface area contributed by atoms with Gasteiger partial charge in [-0.05, 0) is 49.9 Å². The molecule has 128 valence electrons. The van der Waals surface area contributed by atoms with E-state index in [2.05, 4.69) is 37.3 Å². The number of nitrogens with zero attached hydrogens (tertiary/aromatic N) is 2. The molecule has 0 aromatic heterocycles. The van der Waals surface area contributed by atoms with Crippen LogP contribution < -0.4 is 0 Å². The van der Waals surface area contributed by atoms with Gasteiger partial charge in [0.25, 0.3) is 5.91 Å². The maximum atomic E-state index is 12.8. The minimum atomic E-state index is 0.141. The van der Waals surface area contributed by atoms with Crippen molar-refractivity contribution in [1.82, 2.24) is 4.90 Å². The van der Waals surface area contributed by atoms with Gasteiger partial charge in [0.2, 0.25) is 0 Å². The summed E-state index contributed by atoms with van der Waals surface area (Å²) >= 11 is 1.74. The molecule has 0 radical (unpaired) electrons. The molecule has 2 aliphatic heterocycles. The van der Waals surface area contributed by atoms with E-state index in [4.69, 9.17) is 4.99 Å². The molecule has 0 saturated carbocycles. The fourth-order valence-electron chi connectivity index (χ4n) is 3.49. The summed E-state index contributed by atoms with van der Waals surface area (Å²) in [6.07, 6.45) is 4.33. The summed E-state index contributed by atoms with van der Waals surface area (Å²) in [4.78, 5) is 22.1. The van der Waals surface area contributed by atoms with Crippen LogP contribution in [0.15, 0.2) is 57.2 Å². The van der Waals surface area contributed by atoms with Crippen LogP contribution >= 0.6 is 11.8 Å². The Labute approximate surface area is 153 Å². The average Bonchev–Trinajstić information content (AvgIpc) is 2.83. The molecule has 4 heteroatoms. The molecular formula is C21H22N2OS. The van der Waals surface area contributed by atoms with Gasteiger partial charge in [-0.2, -0.15) is 0 Å². The number of aliphatic imine (C=N–C) groups is 1. The van der Waals surface area contributed by atoms with Gasteiger partial charge in [-0.3, -0.25) is 9.79 Å². The summed E-state index contributed by atoms with van der Waals surface area (Å²) in [6.45, 7) is 3.88. The highest BCUT2D eigenvalue weighted by Crippen LogP contribution is 2.41. The van der Waals surface area contributed by atoms with E-state index in [-0.39, 0.29) is 5.91 Å². The van der Waals surface area contributed by atoms with Crippen molar-refractivity contribution in [3.63, 3.8) is 0 Å². The first-order valence-corrected chi connectivity index (χ1v) is 9.86. The lowest BCUT2D eigenvalue weighted by molar-refractivity contribution is 0.0724. The zero-order valence-corrected chi connectivity index (χ0v) is 15.3. The van der Waals surface area contributed by atoms with Gasteiger partial charge < -0.3 is 4.90 Å². The summed E-state index contributed by atoms with van der Waals surface area (Å²) in [5.41, 5.74) is 3.96. The van der Waals surface area contributed by atoms with Crippen molar-refractivity contribution in [2.45, 2.75) is 42.4 Å². The molecule has 1 fully saturated rings. The quantitative estimate of drug-likeness (QED) is 0.735. The first-order valence-electron chi connectivity index (χ1n) is 9.04. The molecule has 0 N–H and O–H groups in total. The van der Waals surface area contributed by atoms with Crippen molar-refractivity contribution in [2.75, 3.05) is 13.1 Å². The van der Waals surface area contributed by atoms with Crippen LogP contribution in [0.5, 0.6) is 0 Å². The van der Waals surface area contributed by atoms with Crippen LogP contribution in [0.25, 0.3) is 0 Å². The van der Waals surface area contributed by atoms with E-state index in [0.717, 1.165) is 54.2 Å². The van der Waals surface area contributed by atoms with Gasteiger partial charge in [0.05, 0.1) is 5.69 Å². The van der Waals surface area contributed by atoms with Crippen LogP contribution in [0, 0.1) is 0 Å². The molecule has 2 aliphatic rings. The van der Waals surface area contributed by atoms with Crippen LogP contribution in [0.1, 0.15) is 48.5 Å². The highest BCUT2D eigenvalue weighted by molar-refractivity contribution is 7.99. The lowest BCUT2D eigenvalue weighted by Gasteiger charge is -2.26. The molecule has 0 spiro atoms. The molecule has 1 amide bonds. The van der Waals surface area contributed by atoms with E-state index in [0.29, 0.717) is 0 Å². The topological polar surface area (TPSA) is 32.7 Å². The lowest BCUT2D eigenvalue weighted by atomic mass is 10.1. The van der Waals surface area contributed by atoms with Crippen molar-refractivity contribution >= 4 is 29.1 Å². The van der Waals surface area contributed by atoms with Crippen molar-refractivity contribution in [2.24, 2.45) is 4.99 Å². The van der Waals surface area contributed by atoms with Gasteiger partial charge in [0.15, 0.2) is 0 Å². The Balaban J connectivity index is 1.72. The van der Waals surface area contributed by atoms with Gasteiger partial charge in [-0.15, -0.1) is 0 Å². The van der Waals surface area contributed by atoms with E-state index in [1.54, 1.807) is 11.8 Å². The van der Waals surface area contributed by atoms with Gasteiger partial charge >= 0.3 is 0 Å². The third-order valence-corrected chi connectivity index (χ3v) is 6.00. The minimum absolute atomic E-state index is 0.141. The second-order valence-corrected chi connectivity index (χ2v) is 7.63. The predicted octanol–water partition coefficient (Wildman–Crippen LogP) is 5.31. The fraction of sp³-hybridized carbons (Fsp3) is 0.333. The average molecular weight is 350 g/mol. The molecule has 0 aliphatic carbocycles. The second-order valence-electron chi connectivity index (χ2n) is 6.55. The number of hydrogen-bond donors (Lipinski definition) is 0. The molecule has 4 rings (SSSR count). The smallest absolute Gasteiger partial charge is 0.253 e. The first-order chi connectivity index (χ1) is 12.3. The monoisotopic (exact) mass is 350 g/mol. The standard InChI is InChI=1S/C21H22N2OS/c1-2-17-16-8-4-5-9-19(16)25-20-11-10-15(14-18(20)22-17)21(24)23-12-6-3-7-13-23/h4-5,8-11,14H,2-3,6-7,12-13H2,1H3. The Morgan fingerprint density at radius 2 is 1.88 bits per heavy atom. The Bertz CT molecular complexity index is 838. The van der Waals surface area contributed by atoms with E-state index in [1.165, 1.54) is 16.9 Å². The number of amides is 1. The summed E-state index contributed by atoms with van der Waals surface area (Å²) in [5, 5.41) is 0. The third kappa shape index (κ3) is 3.23. The maximum absolute atomic E-state index is 12.8. The molecule has 2 aromatic rings. The number of piperidine rings is 1. The van der Waals surface area contributed by atoms with Crippen LogP contribution in [0.3, 0.4) is 0 Å². The SMILES string of the molecule is CCC1=Nc2cc(C(=O)N3CCCCC3)ccc2Sc2ccccc21. The lowest BCUT2D eigenvalue weighted by Crippen LogP contribution is -2.35. The summed E-state index contributed by atoms with van der Waals surface area (Å²) in [7, 11) is 0. The normalized spacial score (nSPS) is 16.5. The van der Waals surface area contributed by atoms with Crippen molar-refractivity contribution in [1.29, 1.82) is 0 Å². The molecule has 3 nitrogen and oxygen atoms in total. The molecule has 25 heavy (non-hydrogen) atoms. The van der Waals surface area contributed by atoms with Crippen molar-refractivity contribution in [3.05, 3.63) is 53.6 Å². The molecule has 0 unspecified atom stereocenters. The number of carbonyl (C=O) groups excluding carboxylic acids is 1. The van der Waals surface area contributed by atoms with Gasteiger partial charge in [-0.1, -0.05) is 36.9 Å². The maximum Gasteiger partial charge on any atom is 0.253 e. The van der Waals surface area contributed by atoms with E-state index < -0.39 is 0 Å². The highest BCUT2D eigenvalue weighted by atomic mass is 32.2. The number of hydrogen-bond acceptors (Lipinski definition) is 3. The zero-order chi connectivity index (χ0) is 17.2. The minimum Gasteiger partial charge on any atom is -0.339 e. The number of fused-ring (bicyclic) bond motifs is 2. The molecular weight excluding hydrogens is 328 g/mol. The van der Waals surface area contributed by atoms with Gasteiger partial charge in [0.1, 0.15) is 0 Å². The second kappa shape index (κ2) is 7.04. The highest BCUT2D eigenvalue weighted by Gasteiger charge is 2.21. The molecule has 0 atom stereocenters. The van der Waals surface area contributed by atoms with Crippen molar-refractivity contribution < 1.29 is 4.79 Å². The summed E-state index contributed by atoms with van der Waals surface area (Å²) in [5.74, 6) is 0.141. The molecule has 1 saturated heterocycles. The Hall–Kier alpha value is -2.07. The molecule has 0 bridgehead atoms. The van der Waals surface area contributed by atoms with Crippen LogP contribution in [0.4, 0.5) is 5.69 Å². The first kappa shape index (κ1) is 16.4. The van der Waals surface area contributed by atoms with Crippen LogP contribution in [0.2, 0.25) is 0 Å². The van der Waals surface area contributed by atoms with Crippen molar-refractivity contribution in [3.8, 4) is 0 Å². The summed E-state index contributed by atoms with van der Waals surface area (Å²) < 4.78 is 0. The van der Waals surface area contributed by atoms with E-state index in [9.17, 15) is 4.79 Å². The van der Waals surface area contributed by atoms with E-state index >= 15 is 0 Å². The Kier molecular flexibility index (Phi) is 4.62. The predicted molar refractivity (Wildman–Crippen MR) is 103 cm³/mol. The number of likely N-dealkylation sites (tertiary alicyclic amines) is 1. The van der Waals surface area contributed by atoms with Crippen LogP contribution in [-0.2, 0) is 0 Å². The molecule has 2 aromatic carbocycles. The fourth-order valence-corrected chi connectivity index (χ4v) is 4.52. The largest absolute Gasteiger partial charge is 0.339 e. The zero-order valence-electron chi connectivity index (χ0n) is 14.5. The van der Waals surface area contributed by atoms with Crippen LogP contribution in [-0.4, -0.2) is 29.6 Å². The Morgan fingerprint density at radius 1 is 1.08 bits per heavy atom. The number of carbonyl (C=O) groups is 1. The molecule has 2 heterocycles. The van der Waals surface area contributed by atoms with E-state index in [1.807, 2.05) is 17.0 Å². The number of rotatable bonds is 2. The number of benzene rings is 2. The summed E-state index contributed by atoms with van der Waals surface area (Å²) in [6, 6.07) is 14.4. The van der Waals surface area contributed by atoms with Gasteiger partial charge in [0, 0.05) is 39.7 Å². The third-order valence-electron chi connectivity index (χ3n) is 4.86. The Morgan fingerprint density at radius 3 is 2.68 bits per heavy atom.